The van der Waals surface area contributed by atoms with Crippen molar-refractivity contribution in [2.75, 3.05) is 13.7 Å². The summed E-state index contributed by atoms with van der Waals surface area (Å²) in [5.74, 6) is -0.530. The average molecular weight is 257 g/mol. The van der Waals surface area contributed by atoms with Gasteiger partial charge in [-0.1, -0.05) is 0 Å². The van der Waals surface area contributed by atoms with E-state index in [0.29, 0.717) is 4.57 Å². The Morgan fingerprint density at radius 1 is 1.50 bits per heavy atom. The van der Waals surface area contributed by atoms with Gasteiger partial charge in [0.25, 0.3) is 0 Å². The smallest absolute Gasteiger partial charge is 0.350 e. The molecule has 0 amide bonds. The van der Waals surface area contributed by atoms with Crippen molar-refractivity contribution in [1.82, 2.24) is 9.13 Å². The van der Waals surface area contributed by atoms with Crippen LogP contribution in [0, 0.1) is 10.1 Å². The molecule has 0 aliphatic heterocycles. The molecule has 0 fully saturated rings. The van der Waals surface area contributed by atoms with Gasteiger partial charge in [0.1, 0.15) is 6.61 Å². The number of hydrogen-bond acceptors (Lipinski definition) is 6. The van der Waals surface area contributed by atoms with E-state index in [-0.39, 0.29) is 6.61 Å². The largest absolute Gasteiger partial charge is 0.377 e. The van der Waals surface area contributed by atoms with Crippen LogP contribution in [-0.2, 0) is 23.1 Å². The lowest BCUT2D eigenvalue weighted by atomic mass is 10.4. The monoisotopic (exact) mass is 257 g/mol. The fourth-order valence-corrected chi connectivity index (χ4v) is 1.36. The van der Waals surface area contributed by atoms with Crippen molar-refractivity contribution in [3.63, 3.8) is 0 Å². The Kier molecular flexibility index (Phi) is 4.10. The van der Waals surface area contributed by atoms with Gasteiger partial charge in [-0.2, -0.15) is 0 Å². The Hall–Kier alpha value is -2.29. The van der Waals surface area contributed by atoms with E-state index >= 15 is 0 Å². The van der Waals surface area contributed by atoms with E-state index in [2.05, 4.69) is 4.74 Å². The van der Waals surface area contributed by atoms with E-state index < -0.39 is 34.2 Å². The number of carbonyl (C=O) groups excluding carboxylic acids is 1. The Labute approximate surface area is 100 Å². The summed E-state index contributed by atoms with van der Waals surface area (Å²) in [6.07, 6.45) is 0.821. The second-order valence-corrected chi connectivity index (χ2v) is 3.53. The van der Waals surface area contributed by atoms with Crippen LogP contribution in [0.25, 0.3) is 0 Å². The minimum atomic E-state index is -1.10. The molecule has 98 valence electrons. The zero-order valence-corrected chi connectivity index (χ0v) is 9.78. The molecule has 0 bridgehead atoms. The molecule has 1 rings (SSSR count). The van der Waals surface area contributed by atoms with Crippen molar-refractivity contribution in [2.45, 2.75) is 6.54 Å². The standard InChI is InChI=1S/C9H11N3O6/c1-10-4-7(12(16)17)8(14)11(9(10)15)3-6(13)5-18-2/h4H,3,5H2,1-2H3. The van der Waals surface area contributed by atoms with Crippen molar-refractivity contribution in [3.05, 3.63) is 37.1 Å². The third-order valence-corrected chi connectivity index (χ3v) is 2.15. The third kappa shape index (κ3) is 2.69. The van der Waals surface area contributed by atoms with Crippen LogP contribution in [0.3, 0.4) is 0 Å². The lowest BCUT2D eigenvalue weighted by Gasteiger charge is -2.05. The molecule has 0 atom stereocenters. The third-order valence-electron chi connectivity index (χ3n) is 2.15. The van der Waals surface area contributed by atoms with Crippen molar-refractivity contribution >= 4 is 11.5 Å². The number of aromatic nitrogens is 2. The molecule has 0 spiro atoms. The summed E-state index contributed by atoms with van der Waals surface area (Å²) in [6.45, 7) is -0.834. The maximum Gasteiger partial charge on any atom is 0.350 e. The number of hydrogen-bond donors (Lipinski definition) is 0. The topological polar surface area (TPSA) is 113 Å². The summed E-state index contributed by atoms with van der Waals surface area (Å²) >= 11 is 0. The van der Waals surface area contributed by atoms with Crippen LogP contribution in [-0.4, -0.2) is 33.6 Å². The van der Waals surface area contributed by atoms with Crippen LogP contribution in [0.4, 0.5) is 5.69 Å². The van der Waals surface area contributed by atoms with Gasteiger partial charge in [0.15, 0.2) is 5.78 Å². The van der Waals surface area contributed by atoms with Gasteiger partial charge in [-0.05, 0) is 0 Å². The van der Waals surface area contributed by atoms with Crippen molar-refractivity contribution in [2.24, 2.45) is 7.05 Å². The van der Waals surface area contributed by atoms with Gasteiger partial charge in [0.2, 0.25) is 0 Å². The highest BCUT2D eigenvalue weighted by molar-refractivity contribution is 5.79. The first-order chi connectivity index (χ1) is 8.38. The van der Waals surface area contributed by atoms with Crippen LogP contribution in [0.2, 0.25) is 0 Å². The van der Waals surface area contributed by atoms with Crippen molar-refractivity contribution < 1.29 is 14.5 Å². The van der Waals surface area contributed by atoms with Crippen LogP contribution in [0.1, 0.15) is 0 Å². The summed E-state index contributed by atoms with van der Waals surface area (Å²) in [7, 11) is 2.54. The quantitative estimate of drug-likeness (QED) is 0.477. The summed E-state index contributed by atoms with van der Waals surface area (Å²) in [5, 5.41) is 10.6. The molecule has 0 saturated carbocycles. The normalized spacial score (nSPS) is 10.3. The molecule has 0 saturated heterocycles. The van der Waals surface area contributed by atoms with E-state index in [1.54, 1.807) is 0 Å². The highest BCUT2D eigenvalue weighted by atomic mass is 16.6. The lowest BCUT2D eigenvalue weighted by molar-refractivity contribution is -0.387. The maximum absolute atomic E-state index is 11.6. The van der Waals surface area contributed by atoms with Crippen LogP contribution in [0.15, 0.2) is 15.8 Å². The lowest BCUT2D eigenvalue weighted by Crippen LogP contribution is -2.41. The summed E-state index contributed by atoms with van der Waals surface area (Å²) in [5.41, 5.74) is -2.66. The molecule has 9 heteroatoms. The molecule has 0 radical (unpaired) electrons. The molecular formula is C9H11N3O6. The van der Waals surface area contributed by atoms with Crippen LogP contribution < -0.4 is 11.2 Å². The fourth-order valence-electron chi connectivity index (χ4n) is 1.36. The van der Waals surface area contributed by atoms with Crippen molar-refractivity contribution in [1.29, 1.82) is 0 Å². The second kappa shape index (κ2) is 5.36. The zero-order chi connectivity index (χ0) is 13.9. The predicted octanol–water partition coefficient (Wildman–Crippen LogP) is -1.33. The van der Waals surface area contributed by atoms with E-state index in [1.165, 1.54) is 14.2 Å². The van der Waals surface area contributed by atoms with E-state index in [0.717, 1.165) is 10.8 Å². The van der Waals surface area contributed by atoms with Gasteiger partial charge >= 0.3 is 16.9 Å². The Balaban J connectivity index is 3.34. The molecule has 0 N–H and O–H groups in total. The first kappa shape index (κ1) is 13.8. The minimum Gasteiger partial charge on any atom is -0.377 e. The van der Waals surface area contributed by atoms with Gasteiger partial charge in [0, 0.05) is 14.2 Å². The predicted molar refractivity (Wildman–Crippen MR) is 59.5 cm³/mol. The second-order valence-electron chi connectivity index (χ2n) is 3.53. The number of rotatable bonds is 5. The van der Waals surface area contributed by atoms with Gasteiger partial charge < -0.3 is 4.74 Å². The average Bonchev–Trinajstić information content (AvgIpc) is 2.29. The number of ether oxygens (including phenoxy) is 1. The number of ketones is 1. The number of carbonyl (C=O) groups is 1. The molecule has 9 nitrogen and oxygen atoms in total. The number of methoxy groups -OCH3 is 1. The number of nitrogens with zero attached hydrogens (tertiary/aromatic N) is 3. The molecule has 1 heterocycles. The Morgan fingerprint density at radius 3 is 2.61 bits per heavy atom. The highest BCUT2D eigenvalue weighted by Crippen LogP contribution is 1.99. The number of Topliss-reactive ketones (excluding diaryl/α,β-unsaturated/α-hetero) is 1. The fraction of sp³-hybridized carbons (Fsp3) is 0.444. The first-order valence-electron chi connectivity index (χ1n) is 4.84. The van der Waals surface area contributed by atoms with Gasteiger partial charge in [-0.25, -0.2) is 9.36 Å². The van der Waals surface area contributed by atoms with E-state index in [4.69, 9.17) is 0 Å². The maximum atomic E-state index is 11.6. The number of aryl methyl sites for hydroxylation is 1. The SMILES string of the molecule is COCC(=O)Cn1c(=O)c([N+](=O)[O-])cn(C)c1=O. The van der Waals surface area contributed by atoms with E-state index in [1.807, 2.05) is 0 Å². The Bertz CT molecular complexity index is 599. The van der Waals surface area contributed by atoms with Crippen LogP contribution >= 0.6 is 0 Å². The van der Waals surface area contributed by atoms with Gasteiger partial charge in [0.05, 0.1) is 17.7 Å². The molecule has 0 unspecified atom stereocenters. The molecule has 0 aliphatic carbocycles. The highest BCUT2D eigenvalue weighted by Gasteiger charge is 2.19. The summed E-state index contributed by atoms with van der Waals surface area (Å²) in [6, 6.07) is 0. The first-order valence-corrected chi connectivity index (χ1v) is 4.84. The molecular weight excluding hydrogens is 246 g/mol. The molecule has 0 aliphatic rings. The molecule has 1 aromatic rings. The summed E-state index contributed by atoms with van der Waals surface area (Å²) < 4.78 is 5.94. The molecule has 0 aromatic carbocycles. The minimum absolute atomic E-state index is 0.279. The van der Waals surface area contributed by atoms with E-state index in [9.17, 15) is 24.5 Å². The molecule has 18 heavy (non-hydrogen) atoms. The Morgan fingerprint density at radius 2 is 2.11 bits per heavy atom. The van der Waals surface area contributed by atoms with Crippen molar-refractivity contribution in [3.8, 4) is 0 Å². The van der Waals surface area contributed by atoms with Crippen LogP contribution in [0.5, 0.6) is 0 Å². The number of nitro groups is 1. The molecule has 1 aromatic heterocycles. The van der Waals surface area contributed by atoms with Gasteiger partial charge in [-0.15, -0.1) is 0 Å². The zero-order valence-electron chi connectivity index (χ0n) is 9.78. The summed E-state index contributed by atoms with van der Waals surface area (Å²) in [4.78, 5) is 44.3. The van der Waals surface area contributed by atoms with Gasteiger partial charge in [-0.3, -0.25) is 24.3 Å².